The molecule has 0 amide bonds. The van der Waals surface area contributed by atoms with Gasteiger partial charge < -0.3 is 5.32 Å². The van der Waals surface area contributed by atoms with Gasteiger partial charge in [-0.05, 0) is 61.0 Å². The van der Waals surface area contributed by atoms with Crippen LogP contribution in [-0.4, -0.2) is 13.1 Å². The molecule has 0 saturated heterocycles. The predicted octanol–water partition coefficient (Wildman–Crippen LogP) is 4.80. The van der Waals surface area contributed by atoms with Crippen LogP contribution in [-0.2, 0) is 6.42 Å². The second-order valence-electron chi connectivity index (χ2n) is 5.82. The lowest BCUT2D eigenvalue weighted by molar-refractivity contribution is 0.471. The van der Waals surface area contributed by atoms with Crippen LogP contribution in [0.25, 0.3) is 10.8 Å². The predicted molar refractivity (Wildman–Crippen MR) is 89.2 cm³/mol. The van der Waals surface area contributed by atoms with Crippen molar-refractivity contribution in [1.29, 1.82) is 0 Å². The minimum Gasteiger partial charge on any atom is -0.317 e. The lowest BCUT2D eigenvalue weighted by Crippen LogP contribution is -2.18. The summed E-state index contributed by atoms with van der Waals surface area (Å²) in [6, 6.07) is 15.4. The molecule has 2 aromatic carbocycles. The number of hydrogen-bond donors (Lipinski definition) is 1. The molecule has 1 N–H and O–H groups in total. The van der Waals surface area contributed by atoms with Crippen LogP contribution in [0.2, 0.25) is 0 Å². The van der Waals surface area contributed by atoms with E-state index in [1.165, 1.54) is 42.0 Å². The number of aryl methyl sites for hydroxylation is 1. The monoisotopic (exact) mass is 269 g/mol. The van der Waals surface area contributed by atoms with E-state index >= 15 is 0 Å². The van der Waals surface area contributed by atoms with Gasteiger partial charge >= 0.3 is 0 Å². The zero-order chi connectivity index (χ0) is 14.2. The first-order valence-corrected chi connectivity index (χ1v) is 7.98. The Balaban J connectivity index is 1.86. The van der Waals surface area contributed by atoms with Crippen LogP contribution in [0.4, 0.5) is 0 Å². The summed E-state index contributed by atoms with van der Waals surface area (Å²) in [4.78, 5) is 0. The molecule has 0 aliphatic rings. The van der Waals surface area contributed by atoms with Gasteiger partial charge in [-0.1, -0.05) is 56.3 Å². The number of rotatable bonds is 8. The first kappa shape index (κ1) is 15.1. The topological polar surface area (TPSA) is 12.0 Å². The van der Waals surface area contributed by atoms with Gasteiger partial charge in [0.05, 0.1) is 0 Å². The molecule has 0 aliphatic heterocycles. The molecule has 0 aromatic heterocycles. The zero-order valence-electron chi connectivity index (χ0n) is 12.9. The average Bonchev–Trinajstić information content (AvgIpc) is 2.49. The number of hydrogen-bond acceptors (Lipinski definition) is 1. The molecule has 1 atom stereocenters. The Morgan fingerprint density at radius 2 is 1.75 bits per heavy atom. The third kappa shape index (κ3) is 4.35. The minimum atomic E-state index is 0.790. The van der Waals surface area contributed by atoms with Gasteiger partial charge in [0.15, 0.2) is 0 Å². The lowest BCUT2D eigenvalue weighted by Gasteiger charge is -2.13. The van der Waals surface area contributed by atoms with Crippen molar-refractivity contribution >= 4 is 10.8 Å². The van der Waals surface area contributed by atoms with Crippen LogP contribution in [0.15, 0.2) is 42.5 Å². The van der Waals surface area contributed by atoms with Crippen molar-refractivity contribution in [3.8, 4) is 0 Å². The molecular formula is C19H27N. The van der Waals surface area contributed by atoms with Crippen LogP contribution < -0.4 is 5.32 Å². The second-order valence-corrected chi connectivity index (χ2v) is 5.82. The van der Waals surface area contributed by atoms with E-state index < -0.39 is 0 Å². The highest BCUT2D eigenvalue weighted by atomic mass is 14.8. The molecule has 0 spiro atoms. The minimum absolute atomic E-state index is 0.790. The third-order valence-electron chi connectivity index (χ3n) is 4.03. The molecule has 1 nitrogen and oxygen atoms in total. The van der Waals surface area contributed by atoms with Gasteiger partial charge in [-0.2, -0.15) is 0 Å². The molecular weight excluding hydrogens is 242 g/mol. The zero-order valence-corrected chi connectivity index (χ0v) is 12.9. The Labute approximate surface area is 123 Å². The Bertz CT molecular complexity index is 513. The normalized spacial score (nSPS) is 12.7. The van der Waals surface area contributed by atoms with E-state index in [4.69, 9.17) is 0 Å². The number of nitrogens with one attached hydrogen (secondary N) is 1. The summed E-state index contributed by atoms with van der Waals surface area (Å²) < 4.78 is 0. The number of fused-ring (bicyclic) bond motifs is 1. The maximum Gasteiger partial charge on any atom is -0.00464 e. The largest absolute Gasteiger partial charge is 0.317 e. The van der Waals surface area contributed by atoms with Crippen molar-refractivity contribution in [1.82, 2.24) is 5.32 Å². The molecule has 1 heteroatoms. The summed E-state index contributed by atoms with van der Waals surface area (Å²) in [5.74, 6) is 0.790. The third-order valence-corrected chi connectivity index (χ3v) is 4.03. The van der Waals surface area contributed by atoms with E-state index in [-0.39, 0.29) is 0 Å². The summed E-state index contributed by atoms with van der Waals surface area (Å²) in [6.45, 7) is 6.90. The van der Waals surface area contributed by atoms with Crippen LogP contribution in [0.1, 0.15) is 38.7 Å². The van der Waals surface area contributed by atoms with Gasteiger partial charge in [0.25, 0.3) is 0 Å². The van der Waals surface area contributed by atoms with Crippen LogP contribution >= 0.6 is 0 Å². The van der Waals surface area contributed by atoms with E-state index in [1.807, 2.05) is 0 Å². The molecule has 0 bridgehead atoms. The molecule has 0 heterocycles. The smallest absolute Gasteiger partial charge is 0.00464 e. The van der Waals surface area contributed by atoms with Gasteiger partial charge in [0, 0.05) is 0 Å². The van der Waals surface area contributed by atoms with Gasteiger partial charge in [-0.15, -0.1) is 0 Å². The van der Waals surface area contributed by atoms with E-state index in [1.54, 1.807) is 0 Å². The highest BCUT2D eigenvalue weighted by molar-refractivity contribution is 5.85. The highest BCUT2D eigenvalue weighted by Crippen LogP contribution is 2.21. The first-order chi connectivity index (χ1) is 9.81. The molecule has 2 rings (SSSR count). The van der Waals surface area contributed by atoms with Gasteiger partial charge in [-0.3, -0.25) is 0 Å². The van der Waals surface area contributed by atoms with E-state index in [9.17, 15) is 0 Å². The van der Waals surface area contributed by atoms with Crippen LogP contribution in [0.5, 0.6) is 0 Å². The van der Waals surface area contributed by atoms with E-state index in [2.05, 4.69) is 61.6 Å². The maximum absolute atomic E-state index is 3.49. The van der Waals surface area contributed by atoms with Crippen LogP contribution in [0.3, 0.4) is 0 Å². The SMILES string of the molecule is CCCNCCC(C)CCc1cccc2ccccc12. The Hall–Kier alpha value is -1.34. The van der Waals surface area contributed by atoms with Gasteiger partial charge in [0.2, 0.25) is 0 Å². The van der Waals surface area contributed by atoms with Crippen LogP contribution in [0, 0.1) is 5.92 Å². The van der Waals surface area contributed by atoms with E-state index in [0.717, 1.165) is 19.0 Å². The summed E-state index contributed by atoms with van der Waals surface area (Å²) in [5.41, 5.74) is 1.50. The fourth-order valence-electron chi connectivity index (χ4n) is 2.71. The molecule has 1 unspecified atom stereocenters. The summed E-state index contributed by atoms with van der Waals surface area (Å²) in [7, 11) is 0. The van der Waals surface area contributed by atoms with Crippen molar-refractivity contribution in [2.45, 2.75) is 39.5 Å². The summed E-state index contributed by atoms with van der Waals surface area (Å²) >= 11 is 0. The van der Waals surface area contributed by atoms with E-state index in [0.29, 0.717) is 0 Å². The first-order valence-electron chi connectivity index (χ1n) is 7.98. The molecule has 0 aliphatic carbocycles. The fraction of sp³-hybridized carbons (Fsp3) is 0.474. The number of benzene rings is 2. The molecule has 2 aromatic rings. The van der Waals surface area contributed by atoms with Gasteiger partial charge in [-0.25, -0.2) is 0 Å². The van der Waals surface area contributed by atoms with Crippen molar-refractivity contribution < 1.29 is 0 Å². The fourth-order valence-corrected chi connectivity index (χ4v) is 2.71. The van der Waals surface area contributed by atoms with Crippen molar-refractivity contribution in [2.75, 3.05) is 13.1 Å². The van der Waals surface area contributed by atoms with Crippen molar-refractivity contribution in [2.24, 2.45) is 5.92 Å². The summed E-state index contributed by atoms with van der Waals surface area (Å²) in [5, 5.41) is 6.28. The Kier molecular flexibility index (Phi) is 6.07. The Morgan fingerprint density at radius 3 is 2.60 bits per heavy atom. The second kappa shape index (κ2) is 8.06. The van der Waals surface area contributed by atoms with Gasteiger partial charge in [0.1, 0.15) is 0 Å². The summed E-state index contributed by atoms with van der Waals surface area (Å²) in [6.07, 6.45) is 4.98. The average molecular weight is 269 g/mol. The Morgan fingerprint density at radius 1 is 0.950 bits per heavy atom. The molecule has 108 valence electrons. The highest BCUT2D eigenvalue weighted by Gasteiger charge is 2.05. The van der Waals surface area contributed by atoms with Crippen molar-refractivity contribution in [3.63, 3.8) is 0 Å². The maximum atomic E-state index is 3.49. The molecule has 20 heavy (non-hydrogen) atoms. The molecule has 0 fully saturated rings. The lowest BCUT2D eigenvalue weighted by atomic mass is 9.95. The molecule has 0 saturated carbocycles. The standard InChI is InChI=1S/C19H27N/c1-3-14-20-15-13-16(2)11-12-18-9-6-8-17-7-4-5-10-19(17)18/h4-10,16,20H,3,11-15H2,1-2H3. The molecule has 0 radical (unpaired) electrons. The quantitative estimate of drug-likeness (QED) is 0.679. The van der Waals surface area contributed by atoms with Crippen molar-refractivity contribution in [3.05, 3.63) is 48.0 Å².